The van der Waals surface area contributed by atoms with Crippen LogP contribution in [0.2, 0.25) is 0 Å². The number of benzene rings is 1. The molecule has 1 aromatic heterocycles. The van der Waals surface area contributed by atoms with Crippen molar-refractivity contribution < 1.29 is 4.74 Å². The number of nitrogen functional groups attached to an aromatic ring is 1. The third-order valence-corrected chi connectivity index (χ3v) is 2.25. The molecular weight excluding hydrogens is 200 g/mol. The molecule has 2 aromatic rings. The summed E-state index contributed by atoms with van der Waals surface area (Å²) in [5.41, 5.74) is 8.56. The van der Waals surface area contributed by atoms with E-state index in [-0.39, 0.29) is 0 Å². The van der Waals surface area contributed by atoms with Gasteiger partial charge in [0, 0.05) is 18.0 Å². The van der Waals surface area contributed by atoms with Gasteiger partial charge in [0.05, 0.1) is 0 Å². The van der Waals surface area contributed by atoms with Crippen molar-refractivity contribution in [2.24, 2.45) is 0 Å². The predicted octanol–water partition coefficient (Wildman–Crippen LogP) is 2.55. The quantitative estimate of drug-likeness (QED) is 0.799. The Kier molecular flexibility index (Phi) is 3.05. The molecule has 0 aliphatic carbocycles. The number of aryl methyl sites for hydroxylation is 1. The largest absolute Gasteiger partial charge is 0.473 e. The number of ether oxygens (including phenoxy) is 1. The molecule has 0 saturated heterocycles. The zero-order chi connectivity index (χ0) is 11.4. The Balaban J connectivity index is 1.97. The third kappa shape index (κ3) is 2.73. The summed E-state index contributed by atoms with van der Waals surface area (Å²) in [6, 6.07) is 11.5. The van der Waals surface area contributed by atoms with E-state index in [1.807, 2.05) is 43.3 Å². The molecule has 82 valence electrons. The van der Waals surface area contributed by atoms with Gasteiger partial charge in [-0.1, -0.05) is 18.2 Å². The van der Waals surface area contributed by atoms with Crippen molar-refractivity contribution in [3.05, 3.63) is 53.7 Å². The van der Waals surface area contributed by atoms with E-state index in [0.717, 1.165) is 16.8 Å². The Morgan fingerprint density at radius 1 is 1.12 bits per heavy atom. The maximum Gasteiger partial charge on any atom is 0.213 e. The van der Waals surface area contributed by atoms with Crippen molar-refractivity contribution in [1.29, 1.82) is 0 Å². The van der Waals surface area contributed by atoms with E-state index in [9.17, 15) is 0 Å². The van der Waals surface area contributed by atoms with Crippen LogP contribution in [0.1, 0.15) is 11.1 Å². The maximum absolute atomic E-state index is 5.60. The zero-order valence-electron chi connectivity index (χ0n) is 9.18. The highest BCUT2D eigenvalue weighted by Gasteiger charge is 1.96. The Labute approximate surface area is 94.9 Å². The van der Waals surface area contributed by atoms with Gasteiger partial charge in [-0.15, -0.1) is 0 Å². The van der Waals surface area contributed by atoms with Crippen LogP contribution in [0.5, 0.6) is 5.88 Å². The number of rotatable bonds is 3. The van der Waals surface area contributed by atoms with Gasteiger partial charge in [-0.05, 0) is 30.2 Å². The summed E-state index contributed by atoms with van der Waals surface area (Å²) in [5, 5.41) is 0. The van der Waals surface area contributed by atoms with E-state index in [0.29, 0.717) is 12.5 Å². The molecule has 16 heavy (non-hydrogen) atoms. The van der Waals surface area contributed by atoms with Crippen LogP contribution in [-0.4, -0.2) is 4.98 Å². The van der Waals surface area contributed by atoms with Gasteiger partial charge in [-0.3, -0.25) is 0 Å². The van der Waals surface area contributed by atoms with Crippen molar-refractivity contribution in [3.63, 3.8) is 0 Å². The van der Waals surface area contributed by atoms with Crippen LogP contribution in [0.15, 0.2) is 42.6 Å². The van der Waals surface area contributed by atoms with Crippen molar-refractivity contribution in [1.82, 2.24) is 4.98 Å². The molecule has 0 unspecified atom stereocenters. The van der Waals surface area contributed by atoms with Gasteiger partial charge >= 0.3 is 0 Å². The van der Waals surface area contributed by atoms with E-state index >= 15 is 0 Å². The second-order valence-corrected chi connectivity index (χ2v) is 3.70. The van der Waals surface area contributed by atoms with Gasteiger partial charge in [0.25, 0.3) is 0 Å². The lowest BCUT2D eigenvalue weighted by atomic mass is 10.2. The Bertz CT molecular complexity index is 403. The van der Waals surface area contributed by atoms with Gasteiger partial charge in [0.15, 0.2) is 0 Å². The van der Waals surface area contributed by atoms with Gasteiger partial charge in [0.1, 0.15) is 6.61 Å². The molecule has 2 rings (SSSR count). The number of nitrogens with zero attached hydrogens (tertiary/aromatic N) is 1. The molecule has 0 atom stereocenters. The first-order valence-electron chi connectivity index (χ1n) is 5.14. The molecule has 0 fully saturated rings. The molecule has 0 saturated carbocycles. The van der Waals surface area contributed by atoms with Gasteiger partial charge < -0.3 is 10.5 Å². The van der Waals surface area contributed by atoms with Crippen LogP contribution in [0, 0.1) is 6.92 Å². The number of hydrogen-bond donors (Lipinski definition) is 1. The standard InChI is InChI=1S/C13H14N2O/c1-10-2-7-13(15-8-10)16-9-11-3-5-12(14)6-4-11/h2-8H,9,14H2,1H3. The lowest BCUT2D eigenvalue weighted by Crippen LogP contribution is -1.97. The first kappa shape index (κ1) is 10.5. The average Bonchev–Trinajstić information content (AvgIpc) is 2.30. The molecule has 2 N–H and O–H groups in total. The van der Waals surface area contributed by atoms with E-state index in [1.54, 1.807) is 6.20 Å². The molecule has 0 aliphatic heterocycles. The van der Waals surface area contributed by atoms with E-state index in [4.69, 9.17) is 10.5 Å². The highest BCUT2D eigenvalue weighted by Crippen LogP contribution is 2.11. The summed E-state index contributed by atoms with van der Waals surface area (Å²) >= 11 is 0. The molecule has 0 aliphatic rings. The van der Waals surface area contributed by atoms with Crippen LogP contribution in [0.4, 0.5) is 5.69 Å². The fourth-order valence-corrected chi connectivity index (χ4v) is 1.31. The van der Waals surface area contributed by atoms with Crippen molar-refractivity contribution in [3.8, 4) is 5.88 Å². The topological polar surface area (TPSA) is 48.1 Å². The van der Waals surface area contributed by atoms with Gasteiger partial charge in [0.2, 0.25) is 5.88 Å². The van der Waals surface area contributed by atoms with Gasteiger partial charge in [-0.2, -0.15) is 0 Å². The molecule has 1 aromatic carbocycles. The maximum atomic E-state index is 5.60. The SMILES string of the molecule is Cc1ccc(OCc2ccc(N)cc2)nc1. The van der Waals surface area contributed by atoms with Crippen molar-refractivity contribution >= 4 is 5.69 Å². The lowest BCUT2D eigenvalue weighted by molar-refractivity contribution is 0.294. The minimum Gasteiger partial charge on any atom is -0.473 e. The predicted molar refractivity (Wildman–Crippen MR) is 64.2 cm³/mol. The van der Waals surface area contributed by atoms with Crippen LogP contribution in [0.3, 0.4) is 0 Å². The minimum absolute atomic E-state index is 0.510. The molecular formula is C13H14N2O. The molecule has 0 spiro atoms. The summed E-state index contributed by atoms with van der Waals surface area (Å²) in [6.07, 6.45) is 1.79. The Morgan fingerprint density at radius 3 is 2.50 bits per heavy atom. The van der Waals surface area contributed by atoms with Crippen molar-refractivity contribution in [2.45, 2.75) is 13.5 Å². The molecule has 0 amide bonds. The molecule has 0 radical (unpaired) electrons. The van der Waals surface area contributed by atoms with Gasteiger partial charge in [-0.25, -0.2) is 4.98 Å². The summed E-state index contributed by atoms with van der Waals surface area (Å²) in [4.78, 5) is 4.16. The Morgan fingerprint density at radius 2 is 1.88 bits per heavy atom. The highest BCUT2D eigenvalue weighted by atomic mass is 16.5. The molecule has 0 bridgehead atoms. The summed E-state index contributed by atoms with van der Waals surface area (Å²) in [6.45, 7) is 2.51. The Hall–Kier alpha value is -2.03. The number of nitrogens with two attached hydrogens (primary N) is 1. The summed E-state index contributed by atoms with van der Waals surface area (Å²) in [7, 11) is 0. The summed E-state index contributed by atoms with van der Waals surface area (Å²) in [5.74, 6) is 0.641. The average molecular weight is 214 g/mol. The molecule has 1 heterocycles. The smallest absolute Gasteiger partial charge is 0.213 e. The van der Waals surface area contributed by atoms with E-state index < -0.39 is 0 Å². The van der Waals surface area contributed by atoms with Crippen LogP contribution in [-0.2, 0) is 6.61 Å². The van der Waals surface area contributed by atoms with E-state index in [1.165, 1.54) is 0 Å². The number of anilines is 1. The normalized spacial score (nSPS) is 10.1. The number of pyridine rings is 1. The molecule has 3 nitrogen and oxygen atoms in total. The third-order valence-electron chi connectivity index (χ3n) is 2.25. The second kappa shape index (κ2) is 4.66. The monoisotopic (exact) mass is 214 g/mol. The van der Waals surface area contributed by atoms with Crippen LogP contribution >= 0.6 is 0 Å². The number of hydrogen-bond acceptors (Lipinski definition) is 3. The zero-order valence-corrected chi connectivity index (χ0v) is 9.18. The lowest BCUT2D eigenvalue weighted by Gasteiger charge is -2.05. The number of aromatic nitrogens is 1. The van der Waals surface area contributed by atoms with Crippen molar-refractivity contribution in [2.75, 3.05) is 5.73 Å². The second-order valence-electron chi connectivity index (χ2n) is 3.70. The minimum atomic E-state index is 0.510. The molecule has 3 heteroatoms. The summed E-state index contributed by atoms with van der Waals surface area (Å²) < 4.78 is 5.53. The highest BCUT2D eigenvalue weighted by molar-refractivity contribution is 5.39. The van der Waals surface area contributed by atoms with E-state index in [2.05, 4.69) is 4.98 Å². The van der Waals surface area contributed by atoms with Crippen LogP contribution < -0.4 is 10.5 Å². The first-order valence-corrected chi connectivity index (χ1v) is 5.14. The fraction of sp³-hybridized carbons (Fsp3) is 0.154. The fourth-order valence-electron chi connectivity index (χ4n) is 1.31. The first-order chi connectivity index (χ1) is 7.74. The van der Waals surface area contributed by atoms with Crippen LogP contribution in [0.25, 0.3) is 0 Å².